The number of aryl methyl sites for hydroxylation is 1. The van der Waals surface area contributed by atoms with Crippen LogP contribution in [0.25, 0.3) is 0 Å². The van der Waals surface area contributed by atoms with Gasteiger partial charge in [-0.05, 0) is 38.5 Å². The van der Waals surface area contributed by atoms with Crippen molar-refractivity contribution in [1.82, 2.24) is 9.36 Å². The minimum Gasteiger partial charge on any atom is -0.399 e. The molecule has 0 aliphatic rings. The maximum atomic E-state index is 5.70. The van der Waals surface area contributed by atoms with Gasteiger partial charge >= 0.3 is 0 Å². The van der Waals surface area contributed by atoms with Gasteiger partial charge in [-0.25, -0.2) is 4.98 Å². The van der Waals surface area contributed by atoms with E-state index >= 15 is 0 Å². The molecule has 5 heteroatoms. The molecule has 0 unspecified atom stereocenters. The van der Waals surface area contributed by atoms with Crippen LogP contribution in [0, 0.1) is 6.92 Å². The summed E-state index contributed by atoms with van der Waals surface area (Å²) < 4.78 is 4.24. The molecule has 0 amide bonds. The number of hydrogen-bond donors (Lipinski definition) is 1. The SMILES string of the molecule is Cc1nsc(N(Cc2ccc(N)cc2)C(C)C)n1. The second-order valence-corrected chi connectivity index (χ2v) is 5.32. The van der Waals surface area contributed by atoms with Gasteiger partial charge in [-0.3, -0.25) is 0 Å². The molecule has 0 radical (unpaired) electrons. The molecule has 4 nitrogen and oxygen atoms in total. The van der Waals surface area contributed by atoms with Gasteiger partial charge in [-0.15, -0.1) is 0 Å². The lowest BCUT2D eigenvalue weighted by Gasteiger charge is -2.25. The van der Waals surface area contributed by atoms with E-state index in [-0.39, 0.29) is 0 Å². The first-order chi connectivity index (χ1) is 8.56. The molecule has 0 aliphatic heterocycles. The van der Waals surface area contributed by atoms with Crippen LogP contribution < -0.4 is 10.6 Å². The number of nitrogen functional groups attached to an aromatic ring is 1. The molecule has 2 N–H and O–H groups in total. The van der Waals surface area contributed by atoms with Gasteiger partial charge in [0.25, 0.3) is 0 Å². The Hall–Kier alpha value is -1.62. The van der Waals surface area contributed by atoms with Crippen LogP contribution >= 0.6 is 11.5 Å². The molecule has 0 saturated carbocycles. The van der Waals surface area contributed by atoms with Gasteiger partial charge in [0.1, 0.15) is 5.82 Å². The summed E-state index contributed by atoms with van der Waals surface area (Å²) in [6.45, 7) is 7.07. The first kappa shape index (κ1) is 12.8. The van der Waals surface area contributed by atoms with Crippen LogP contribution in [-0.2, 0) is 6.54 Å². The molecule has 0 spiro atoms. The van der Waals surface area contributed by atoms with Gasteiger partial charge in [-0.1, -0.05) is 12.1 Å². The van der Waals surface area contributed by atoms with Gasteiger partial charge < -0.3 is 10.6 Å². The number of hydrogen-bond acceptors (Lipinski definition) is 5. The third-order valence-electron chi connectivity index (χ3n) is 2.72. The Balaban J connectivity index is 2.19. The molecule has 0 saturated heterocycles. The maximum absolute atomic E-state index is 5.70. The van der Waals surface area contributed by atoms with Crippen molar-refractivity contribution < 1.29 is 0 Å². The van der Waals surface area contributed by atoms with E-state index in [9.17, 15) is 0 Å². The van der Waals surface area contributed by atoms with Gasteiger partial charge in [0, 0.05) is 29.8 Å². The van der Waals surface area contributed by atoms with E-state index in [0.717, 1.165) is 23.2 Å². The highest BCUT2D eigenvalue weighted by atomic mass is 32.1. The van der Waals surface area contributed by atoms with E-state index in [2.05, 4.69) is 40.2 Å². The first-order valence-electron chi connectivity index (χ1n) is 5.97. The van der Waals surface area contributed by atoms with Crippen molar-refractivity contribution in [3.05, 3.63) is 35.7 Å². The zero-order valence-corrected chi connectivity index (χ0v) is 11.7. The fourth-order valence-corrected chi connectivity index (χ4v) is 2.50. The number of benzene rings is 1. The van der Waals surface area contributed by atoms with Gasteiger partial charge in [-0.2, -0.15) is 4.37 Å². The topological polar surface area (TPSA) is 55.0 Å². The van der Waals surface area contributed by atoms with E-state index < -0.39 is 0 Å². The Bertz CT molecular complexity index is 504. The highest BCUT2D eigenvalue weighted by molar-refractivity contribution is 7.09. The number of nitrogens with two attached hydrogens (primary N) is 1. The van der Waals surface area contributed by atoms with Crippen LogP contribution in [0.4, 0.5) is 10.8 Å². The molecule has 96 valence electrons. The molecular weight excluding hydrogens is 244 g/mol. The average molecular weight is 262 g/mol. The number of nitrogens with zero attached hydrogens (tertiary/aromatic N) is 3. The van der Waals surface area contributed by atoms with Crippen molar-refractivity contribution in [1.29, 1.82) is 0 Å². The Morgan fingerprint density at radius 2 is 1.94 bits per heavy atom. The fourth-order valence-electron chi connectivity index (χ4n) is 1.69. The molecule has 0 aliphatic carbocycles. The predicted molar refractivity (Wildman–Crippen MR) is 76.8 cm³/mol. The number of rotatable bonds is 4. The van der Waals surface area contributed by atoms with Gasteiger partial charge in [0.2, 0.25) is 5.13 Å². The third kappa shape index (κ3) is 2.98. The van der Waals surface area contributed by atoms with Crippen molar-refractivity contribution in [2.24, 2.45) is 0 Å². The van der Waals surface area contributed by atoms with Crippen molar-refractivity contribution in [2.45, 2.75) is 33.4 Å². The van der Waals surface area contributed by atoms with Crippen LogP contribution in [-0.4, -0.2) is 15.4 Å². The van der Waals surface area contributed by atoms with E-state index in [1.54, 1.807) is 0 Å². The van der Waals surface area contributed by atoms with Crippen molar-refractivity contribution in [2.75, 3.05) is 10.6 Å². The normalized spacial score (nSPS) is 10.9. The second kappa shape index (κ2) is 5.35. The van der Waals surface area contributed by atoms with Crippen LogP contribution in [0.5, 0.6) is 0 Å². The summed E-state index contributed by atoms with van der Waals surface area (Å²) in [7, 11) is 0. The summed E-state index contributed by atoms with van der Waals surface area (Å²) in [6, 6.07) is 8.35. The van der Waals surface area contributed by atoms with Crippen molar-refractivity contribution in [3.63, 3.8) is 0 Å². The van der Waals surface area contributed by atoms with Crippen molar-refractivity contribution in [3.8, 4) is 0 Å². The molecular formula is C13H18N4S. The summed E-state index contributed by atoms with van der Waals surface area (Å²) in [5.41, 5.74) is 7.72. The Kier molecular flexibility index (Phi) is 3.81. The van der Waals surface area contributed by atoms with Crippen LogP contribution in [0.3, 0.4) is 0 Å². The highest BCUT2D eigenvalue weighted by Crippen LogP contribution is 2.22. The quantitative estimate of drug-likeness (QED) is 0.861. The van der Waals surface area contributed by atoms with E-state index in [0.29, 0.717) is 6.04 Å². The van der Waals surface area contributed by atoms with E-state index in [1.807, 2.05) is 19.1 Å². The maximum Gasteiger partial charge on any atom is 0.205 e. The summed E-state index contributed by atoms with van der Waals surface area (Å²) in [4.78, 5) is 6.70. The highest BCUT2D eigenvalue weighted by Gasteiger charge is 2.15. The van der Waals surface area contributed by atoms with Crippen LogP contribution in [0.1, 0.15) is 25.2 Å². The van der Waals surface area contributed by atoms with Crippen LogP contribution in [0.15, 0.2) is 24.3 Å². The minimum atomic E-state index is 0.384. The molecule has 1 heterocycles. The van der Waals surface area contributed by atoms with E-state index in [1.165, 1.54) is 17.1 Å². The molecule has 2 rings (SSSR count). The Morgan fingerprint density at radius 3 is 2.44 bits per heavy atom. The summed E-state index contributed by atoms with van der Waals surface area (Å²) in [5, 5.41) is 0.972. The molecule has 2 aromatic rings. The van der Waals surface area contributed by atoms with Crippen LogP contribution in [0.2, 0.25) is 0 Å². The summed E-state index contributed by atoms with van der Waals surface area (Å²) in [5.74, 6) is 0.831. The largest absolute Gasteiger partial charge is 0.399 e. The lowest BCUT2D eigenvalue weighted by Crippen LogP contribution is -2.30. The lowest BCUT2D eigenvalue weighted by molar-refractivity contribution is 0.679. The zero-order chi connectivity index (χ0) is 13.1. The fraction of sp³-hybridized carbons (Fsp3) is 0.385. The Labute approximate surface area is 112 Å². The Morgan fingerprint density at radius 1 is 1.28 bits per heavy atom. The molecule has 0 fully saturated rings. The van der Waals surface area contributed by atoms with Gasteiger partial charge in [0.05, 0.1) is 0 Å². The third-order valence-corrected chi connectivity index (χ3v) is 3.56. The van der Waals surface area contributed by atoms with Gasteiger partial charge in [0.15, 0.2) is 0 Å². The smallest absolute Gasteiger partial charge is 0.205 e. The molecule has 0 atom stereocenters. The molecule has 18 heavy (non-hydrogen) atoms. The van der Waals surface area contributed by atoms with E-state index in [4.69, 9.17) is 5.73 Å². The molecule has 1 aromatic heterocycles. The van der Waals surface area contributed by atoms with Crippen molar-refractivity contribution >= 4 is 22.4 Å². The monoisotopic (exact) mass is 262 g/mol. The lowest BCUT2D eigenvalue weighted by atomic mass is 10.2. The molecule has 0 bridgehead atoms. The second-order valence-electron chi connectivity index (χ2n) is 4.59. The zero-order valence-electron chi connectivity index (χ0n) is 10.9. The molecule has 1 aromatic carbocycles. The number of anilines is 2. The minimum absolute atomic E-state index is 0.384. The first-order valence-corrected chi connectivity index (χ1v) is 6.75. The summed E-state index contributed by atoms with van der Waals surface area (Å²) in [6.07, 6.45) is 0. The summed E-state index contributed by atoms with van der Waals surface area (Å²) >= 11 is 1.45. The predicted octanol–water partition coefficient (Wildman–Crippen LogP) is 2.84. The standard InChI is InChI=1S/C13H18N4S/c1-9(2)17(13-15-10(3)16-18-13)8-11-4-6-12(14)7-5-11/h4-7,9H,8,14H2,1-3H3. The average Bonchev–Trinajstić information content (AvgIpc) is 2.74. The number of aromatic nitrogens is 2.